The van der Waals surface area contributed by atoms with Gasteiger partial charge >= 0.3 is 0 Å². The van der Waals surface area contributed by atoms with Crippen LogP contribution in [0.2, 0.25) is 0 Å². The maximum Gasteiger partial charge on any atom is 0.0550 e. The molecule has 0 heterocycles. The average molecular weight is 169 g/mol. The van der Waals surface area contributed by atoms with Crippen LogP contribution in [0, 0.1) is 10.8 Å². The molecule has 0 unspecified atom stereocenters. The van der Waals surface area contributed by atoms with Crippen molar-refractivity contribution in [3.8, 4) is 0 Å². The molecular formula is C10H19NO. The second kappa shape index (κ2) is 4.04. The normalized spacial score (nSPS) is 34.3. The fraction of sp³-hybridized carbons (Fsp3) is 0.900. The van der Waals surface area contributed by atoms with Crippen molar-refractivity contribution < 1.29 is 5.11 Å². The van der Waals surface area contributed by atoms with Gasteiger partial charge in [0, 0.05) is 0 Å². The second-order valence-electron chi connectivity index (χ2n) is 4.05. The van der Waals surface area contributed by atoms with Crippen LogP contribution < -0.4 is 0 Å². The molecule has 70 valence electrons. The van der Waals surface area contributed by atoms with Gasteiger partial charge in [-0.3, -0.25) is 0 Å². The van der Waals surface area contributed by atoms with E-state index in [1.165, 1.54) is 19.1 Å². The summed E-state index contributed by atoms with van der Waals surface area (Å²) in [6.07, 6.45) is 7.77. The topological polar surface area (TPSA) is 44.1 Å². The van der Waals surface area contributed by atoms with Gasteiger partial charge in [0.25, 0.3) is 0 Å². The minimum atomic E-state index is -0.0534. The van der Waals surface area contributed by atoms with E-state index in [-0.39, 0.29) is 6.10 Å². The Balaban J connectivity index is 2.33. The Morgan fingerprint density at radius 1 is 1.50 bits per heavy atom. The summed E-state index contributed by atoms with van der Waals surface area (Å²) >= 11 is 0. The minimum absolute atomic E-state index is 0.0534. The number of nitrogens with one attached hydrogen (secondary N) is 1. The molecule has 0 aromatic rings. The van der Waals surface area contributed by atoms with E-state index in [0.29, 0.717) is 5.41 Å². The predicted octanol–water partition coefficient (Wildman–Crippen LogP) is 2.36. The van der Waals surface area contributed by atoms with Crippen LogP contribution in [0.15, 0.2) is 0 Å². The van der Waals surface area contributed by atoms with Crippen LogP contribution in [0.4, 0.5) is 0 Å². The van der Waals surface area contributed by atoms with Crippen LogP contribution in [0.5, 0.6) is 0 Å². The number of rotatable bonds is 5. The molecule has 2 N–H and O–H groups in total. The molecule has 2 nitrogen and oxygen atoms in total. The van der Waals surface area contributed by atoms with Crippen LogP contribution in [0.1, 0.15) is 45.4 Å². The number of aliphatic hydroxyl groups is 1. The molecule has 1 fully saturated rings. The lowest BCUT2D eigenvalue weighted by Gasteiger charge is -2.45. The summed E-state index contributed by atoms with van der Waals surface area (Å²) in [5, 5.41) is 16.2. The quantitative estimate of drug-likeness (QED) is 0.610. The highest BCUT2D eigenvalue weighted by molar-refractivity contribution is 5.52. The molecule has 0 aromatic carbocycles. The molecule has 0 atom stereocenters. The van der Waals surface area contributed by atoms with E-state index < -0.39 is 0 Å². The molecule has 1 aliphatic carbocycles. The molecule has 0 aromatic heterocycles. The van der Waals surface area contributed by atoms with Gasteiger partial charge in [-0.15, -0.1) is 0 Å². The van der Waals surface area contributed by atoms with Gasteiger partial charge in [-0.25, -0.2) is 0 Å². The van der Waals surface area contributed by atoms with Crippen molar-refractivity contribution in [2.24, 2.45) is 5.41 Å². The molecule has 0 spiro atoms. The second-order valence-corrected chi connectivity index (χ2v) is 4.05. The van der Waals surface area contributed by atoms with Gasteiger partial charge in [0.05, 0.1) is 6.10 Å². The minimum Gasteiger partial charge on any atom is -0.393 e. The molecule has 1 saturated carbocycles. The van der Waals surface area contributed by atoms with Crippen molar-refractivity contribution in [3.05, 3.63) is 0 Å². The predicted molar refractivity (Wildman–Crippen MR) is 50.6 cm³/mol. The van der Waals surface area contributed by atoms with Gasteiger partial charge in [0.2, 0.25) is 0 Å². The maximum atomic E-state index is 9.25. The van der Waals surface area contributed by atoms with Crippen LogP contribution in [0.25, 0.3) is 0 Å². The molecule has 1 aliphatic rings. The van der Waals surface area contributed by atoms with Gasteiger partial charge in [-0.2, -0.15) is 0 Å². The molecule has 0 bridgehead atoms. The van der Waals surface area contributed by atoms with Crippen molar-refractivity contribution >= 4 is 6.21 Å². The summed E-state index contributed by atoms with van der Waals surface area (Å²) < 4.78 is 0. The van der Waals surface area contributed by atoms with Crippen molar-refractivity contribution in [1.29, 1.82) is 5.41 Å². The zero-order valence-electron chi connectivity index (χ0n) is 7.84. The largest absolute Gasteiger partial charge is 0.393 e. The Bertz CT molecular complexity index is 144. The van der Waals surface area contributed by atoms with E-state index in [4.69, 9.17) is 5.41 Å². The first-order chi connectivity index (χ1) is 5.72. The average Bonchev–Trinajstić information content (AvgIpc) is 1.98. The van der Waals surface area contributed by atoms with Crippen molar-refractivity contribution in [1.82, 2.24) is 0 Å². The summed E-state index contributed by atoms with van der Waals surface area (Å²) in [7, 11) is 0. The molecule has 2 heteroatoms. The fourth-order valence-corrected chi connectivity index (χ4v) is 2.38. The van der Waals surface area contributed by atoms with Crippen molar-refractivity contribution in [3.63, 3.8) is 0 Å². The first-order valence-corrected chi connectivity index (χ1v) is 4.89. The van der Waals surface area contributed by atoms with Gasteiger partial charge < -0.3 is 10.5 Å². The van der Waals surface area contributed by atoms with Crippen LogP contribution in [-0.2, 0) is 0 Å². The summed E-state index contributed by atoms with van der Waals surface area (Å²) in [5.41, 5.74) is 0.395. The van der Waals surface area contributed by atoms with Gasteiger partial charge in [-0.1, -0.05) is 13.3 Å². The lowest BCUT2D eigenvalue weighted by Crippen LogP contribution is -2.40. The highest BCUT2D eigenvalue weighted by Gasteiger charge is 2.41. The smallest absolute Gasteiger partial charge is 0.0550 e. The molecule has 1 rings (SSSR count). The van der Waals surface area contributed by atoms with Gasteiger partial charge in [0.1, 0.15) is 0 Å². The Labute approximate surface area is 74.5 Å². The summed E-state index contributed by atoms with van der Waals surface area (Å²) in [6.45, 7) is 2.19. The highest BCUT2D eigenvalue weighted by Crippen LogP contribution is 2.48. The SMILES string of the molecule is CCCC1(CCC=N)CC(O)C1. The monoisotopic (exact) mass is 169 g/mol. The van der Waals surface area contributed by atoms with Gasteiger partial charge in [-0.05, 0) is 43.7 Å². The zero-order valence-corrected chi connectivity index (χ0v) is 7.84. The molecular weight excluding hydrogens is 150 g/mol. The van der Waals surface area contributed by atoms with E-state index >= 15 is 0 Å². The maximum absolute atomic E-state index is 9.25. The van der Waals surface area contributed by atoms with Crippen LogP contribution in [0.3, 0.4) is 0 Å². The Kier molecular flexibility index (Phi) is 3.27. The van der Waals surface area contributed by atoms with E-state index in [1.807, 2.05) is 0 Å². The molecule has 0 radical (unpaired) electrons. The summed E-state index contributed by atoms with van der Waals surface area (Å²) in [6, 6.07) is 0. The molecule has 12 heavy (non-hydrogen) atoms. The third-order valence-electron chi connectivity index (χ3n) is 2.94. The summed E-state index contributed by atoms with van der Waals surface area (Å²) in [5.74, 6) is 0. The van der Waals surface area contributed by atoms with E-state index in [2.05, 4.69) is 6.92 Å². The standard InChI is InChI=1S/C10H19NO/c1-2-4-10(5-3-6-11)7-9(12)8-10/h6,9,11-12H,2-5,7-8H2,1H3. The Morgan fingerprint density at radius 3 is 2.58 bits per heavy atom. The number of hydrogen-bond acceptors (Lipinski definition) is 2. The summed E-state index contributed by atoms with van der Waals surface area (Å²) in [4.78, 5) is 0. The lowest BCUT2D eigenvalue weighted by molar-refractivity contribution is -0.0418. The van der Waals surface area contributed by atoms with Crippen molar-refractivity contribution in [2.45, 2.75) is 51.6 Å². The van der Waals surface area contributed by atoms with Crippen LogP contribution in [-0.4, -0.2) is 17.4 Å². The molecule has 0 amide bonds. The Hall–Kier alpha value is -0.370. The zero-order chi connectivity index (χ0) is 9.03. The van der Waals surface area contributed by atoms with Crippen molar-refractivity contribution in [2.75, 3.05) is 0 Å². The van der Waals surface area contributed by atoms with Gasteiger partial charge in [0.15, 0.2) is 0 Å². The first kappa shape index (κ1) is 9.72. The highest BCUT2D eigenvalue weighted by atomic mass is 16.3. The van der Waals surface area contributed by atoms with Crippen LogP contribution >= 0.6 is 0 Å². The van der Waals surface area contributed by atoms with E-state index in [1.54, 1.807) is 0 Å². The fourth-order valence-electron chi connectivity index (χ4n) is 2.38. The Morgan fingerprint density at radius 2 is 2.17 bits per heavy atom. The lowest BCUT2D eigenvalue weighted by atomic mass is 9.62. The molecule has 0 saturated heterocycles. The number of aliphatic hydroxyl groups excluding tert-OH is 1. The number of hydrogen-bond donors (Lipinski definition) is 2. The third-order valence-corrected chi connectivity index (χ3v) is 2.94. The molecule has 0 aliphatic heterocycles. The van der Waals surface area contributed by atoms with E-state index in [0.717, 1.165) is 25.7 Å². The first-order valence-electron chi connectivity index (χ1n) is 4.89. The van der Waals surface area contributed by atoms with E-state index in [9.17, 15) is 5.11 Å². The third kappa shape index (κ3) is 2.07.